The predicted molar refractivity (Wildman–Crippen MR) is 157 cm³/mol. The van der Waals surface area contributed by atoms with Gasteiger partial charge in [0, 0.05) is 0 Å². The largest absolute Gasteiger partial charge is 1.00 e. The molecule has 2 aromatic carbocycles. The Morgan fingerprint density at radius 1 is 0.842 bits per heavy atom. The van der Waals surface area contributed by atoms with Crippen LogP contribution in [-0.4, -0.2) is 5.20 Å². The molecule has 0 nitrogen and oxygen atoms in total. The zero-order valence-electron chi connectivity index (χ0n) is 25.0. The zero-order valence-corrected chi connectivity index (χ0v) is 30.0. The van der Waals surface area contributed by atoms with Crippen LogP contribution in [-0.2, 0) is 40.7 Å². The Labute approximate surface area is 256 Å². The summed E-state index contributed by atoms with van der Waals surface area (Å²) >= 11 is -0.683. The first kappa shape index (κ1) is 31.9. The van der Waals surface area contributed by atoms with Crippen LogP contribution in [0.5, 0.6) is 0 Å². The fourth-order valence-corrected chi connectivity index (χ4v) is 24.7. The van der Waals surface area contributed by atoms with Crippen molar-refractivity contribution < 1.29 is 47.2 Å². The van der Waals surface area contributed by atoms with E-state index in [1.54, 1.807) is 55.7 Å². The van der Waals surface area contributed by atoms with Crippen molar-refractivity contribution in [3.05, 3.63) is 86.0 Å². The summed E-state index contributed by atoms with van der Waals surface area (Å²) in [6, 6.07) is 12.2. The van der Waals surface area contributed by atoms with Gasteiger partial charge in [-0.25, -0.2) is 0 Å². The molecule has 0 saturated heterocycles. The van der Waals surface area contributed by atoms with Gasteiger partial charge >= 0.3 is 233 Å². The molecule has 0 aromatic heterocycles. The van der Waals surface area contributed by atoms with Gasteiger partial charge in [0.1, 0.15) is 0 Å². The molecule has 3 aliphatic carbocycles. The Morgan fingerprint density at radius 3 is 1.97 bits per heavy atom. The van der Waals surface area contributed by atoms with E-state index in [9.17, 15) is 0 Å². The predicted octanol–water partition coefficient (Wildman–Crippen LogP) is 3.95. The Balaban J connectivity index is 0.00000200. The van der Waals surface area contributed by atoms with Gasteiger partial charge in [0.2, 0.25) is 0 Å². The standard InChI is InChI=1S/C23H25.C11H19Si.2ClH.Zr/c1-15-12-18-14-17-6-5-7-20(17)22(21(18)13-15)16-8-10-19(11-9-16)23(2,3)4;1-7-8(2)10(4)11(9(7)3)12(5)6;;;/h8-14H,5-7H2,1-4H3;11H,1-6H3;2*1H;/q;;;;+2/p-2. The Morgan fingerprint density at radius 2 is 1.42 bits per heavy atom. The molecule has 0 N–H and O–H groups in total. The molecule has 1 unspecified atom stereocenters. The van der Waals surface area contributed by atoms with E-state index in [2.05, 4.69) is 105 Å². The van der Waals surface area contributed by atoms with E-state index in [4.69, 9.17) is 0 Å². The van der Waals surface area contributed by atoms with E-state index in [0.29, 0.717) is 0 Å². The van der Waals surface area contributed by atoms with Crippen molar-refractivity contribution in [3.8, 4) is 11.1 Å². The average Bonchev–Trinajstić information content (AvgIpc) is 3.44. The number of rotatable bonds is 4. The number of hydrogen-bond acceptors (Lipinski definition) is 0. The summed E-state index contributed by atoms with van der Waals surface area (Å²) in [7, 11) is 0. The van der Waals surface area contributed by atoms with Crippen molar-refractivity contribution >= 4 is 11.3 Å². The van der Waals surface area contributed by atoms with Crippen molar-refractivity contribution in [2.24, 2.45) is 0 Å². The Bertz CT molecular complexity index is 1310. The molecule has 202 valence electrons. The van der Waals surface area contributed by atoms with Gasteiger partial charge in [-0.05, 0) is 0 Å². The first-order valence-corrected chi connectivity index (χ1v) is 22.1. The number of benzene rings is 2. The molecule has 3 aliphatic rings. The molecule has 2 aromatic rings. The van der Waals surface area contributed by atoms with Crippen LogP contribution in [0.3, 0.4) is 0 Å². The number of allylic oxidation sites excluding steroid dienone is 5. The van der Waals surface area contributed by atoms with Crippen LogP contribution >= 0.6 is 0 Å². The molecule has 0 aliphatic heterocycles. The SMILES string of the molecule is CC1=Cc2c(cc3c(c2-c2ccc(C(C)(C)C)cc2)CCC3)[CH]1[Zr+2][Si](C)(C)C1C(C)=C(C)C(C)=C1C.[Cl-].[Cl-]. The molecular weight excluding hydrogens is 599 g/mol. The van der Waals surface area contributed by atoms with Crippen LogP contribution < -0.4 is 24.8 Å². The maximum absolute atomic E-state index is 2.73. The summed E-state index contributed by atoms with van der Waals surface area (Å²) in [5.74, 6) is 0. The first-order valence-electron chi connectivity index (χ1n) is 13.9. The summed E-state index contributed by atoms with van der Waals surface area (Å²) in [4.78, 5) is 0. The minimum atomic E-state index is -1.39. The number of fused-ring (bicyclic) bond motifs is 2. The van der Waals surface area contributed by atoms with E-state index < -0.39 is 27.6 Å². The molecule has 0 saturated carbocycles. The van der Waals surface area contributed by atoms with Gasteiger partial charge < -0.3 is 24.8 Å². The van der Waals surface area contributed by atoms with E-state index >= 15 is 0 Å². The molecule has 0 spiro atoms. The molecule has 0 radical (unpaired) electrons. The van der Waals surface area contributed by atoms with Gasteiger partial charge in [-0.3, -0.25) is 0 Å². The van der Waals surface area contributed by atoms with Crippen molar-refractivity contribution in [3.63, 3.8) is 0 Å². The third-order valence-electron chi connectivity index (χ3n) is 9.50. The second-order valence-corrected chi connectivity index (χ2v) is 30.7. The molecule has 0 amide bonds. The topological polar surface area (TPSA) is 0 Å². The molecule has 0 bridgehead atoms. The van der Waals surface area contributed by atoms with Gasteiger partial charge in [-0.1, -0.05) is 0 Å². The Kier molecular flexibility index (Phi) is 9.49. The molecule has 1 atom stereocenters. The third-order valence-corrected chi connectivity index (χ3v) is 24.5. The van der Waals surface area contributed by atoms with Crippen LogP contribution in [0.15, 0.2) is 58.2 Å². The van der Waals surface area contributed by atoms with Crippen LogP contribution in [0.2, 0.25) is 18.6 Å². The van der Waals surface area contributed by atoms with Gasteiger partial charge in [-0.15, -0.1) is 0 Å². The second-order valence-electron chi connectivity index (χ2n) is 13.3. The molecule has 0 fully saturated rings. The number of hydrogen-bond donors (Lipinski definition) is 0. The number of aryl methyl sites for hydroxylation is 1. The first-order chi connectivity index (χ1) is 16.8. The summed E-state index contributed by atoms with van der Waals surface area (Å²) < 4.78 is 0.741. The van der Waals surface area contributed by atoms with Crippen molar-refractivity contribution in [1.29, 1.82) is 0 Å². The fourth-order valence-electron chi connectivity index (χ4n) is 7.28. The van der Waals surface area contributed by atoms with Gasteiger partial charge in [0.05, 0.1) is 0 Å². The molecule has 0 heterocycles. The van der Waals surface area contributed by atoms with E-state index in [0.717, 1.165) is 9.17 Å². The molecule has 4 heteroatoms. The summed E-state index contributed by atoms with van der Waals surface area (Å²) in [6.07, 6.45) is 6.42. The quantitative estimate of drug-likeness (QED) is 0.444. The van der Waals surface area contributed by atoms with E-state index in [-0.39, 0.29) is 30.2 Å². The monoisotopic (exact) mass is 640 g/mol. The van der Waals surface area contributed by atoms with Crippen molar-refractivity contribution in [2.45, 2.75) is 102 Å². The van der Waals surface area contributed by atoms with Gasteiger partial charge in [0.25, 0.3) is 0 Å². The Hall–Kier alpha value is -0.660. The van der Waals surface area contributed by atoms with Crippen LogP contribution in [0.25, 0.3) is 17.2 Å². The molecule has 5 rings (SSSR count). The normalized spacial score (nSPS) is 19.1. The van der Waals surface area contributed by atoms with Crippen molar-refractivity contribution in [2.75, 3.05) is 0 Å². The minimum Gasteiger partial charge on any atom is -1.00 e. The van der Waals surface area contributed by atoms with E-state index in [1.165, 1.54) is 30.4 Å². The second kappa shape index (κ2) is 11.3. The summed E-state index contributed by atoms with van der Waals surface area (Å²) in [5.41, 5.74) is 20.1. The van der Waals surface area contributed by atoms with Crippen LogP contribution in [0.1, 0.15) is 93.3 Å². The minimum absolute atomic E-state index is 0. The molecule has 38 heavy (non-hydrogen) atoms. The van der Waals surface area contributed by atoms with Crippen LogP contribution in [0.4, 0.5) is 0 Å². The van der Waals surface area contributed by atoms with E-state index in [1.807, 2.05) is 0 Å². The van der Waals surface area contributed by atoms with Crippen LogP contribution in [0, 0.1) is 0 Å². The third kappa shape index (κ3) is 5.34. The molecular formula is C34H44Cl2SiZr. The zero-order chi connectivity index (χ0) is 26.2. The smallest absolute Gasteiger partial charge is 1.00 e. The fraction of sp³-hybridized carbons (Fsp3) is 0.471. The van der Waals surface area contributed by atoms with Crippen molar-refractivity contribution in [1.82, 2.24) is 0 Å². The average molecular weight is 643 g/mol. The van der Waals surface area contributed by atoms with Gasteiger partial charge in [-0.2, -0.15) is 0 Å². The summed E-state index contributed by atoms with van der Waals surface area (Å²) in [6.45, 7) is 24.4. The van der Waals surface area contributed by atoms with Gasteiger partial charge in [0.15, 0.2) is 0 Å². The maximum Gasteiger partial charge on any atom is -1.00 e. The maximum atomic E-state index is 2.73. The number of halogens is 2. The summed E-state index contributed by atoms with van der Waals surface area (Å²) in [5, 5.41) is -1.39.